The molecule has 0 aromatic rings. The van der Waals surface area contributed by atoms with Gasteiger partial charge >= 0.3 is 5.97 Å². The molecule has 0 bridgehead atoms. The zero-order valence-electron chi connectivity index (χ0n) is 12.7. The average Bonchev–Trinajstić information content (AvgIpc) is 2.83. The Morgan fingerprint density at radius 2 is 2.05 bits per heavy atom. The molecule has 2 aliphatic heterocycles. The molecule has 0 aromatic carbocycles. The van der Waals surface area contributed by atoms with E-state index in [9.17, 15) is 14.4 Å². The number of carbonyl (C=O) groups is 3. The summed E-state index contributed by atoms with van der Waals surface area (Å²) < 4.78 is 4.88. The van der Waals surface area contributed by atoms with Crippen molar-refractivity contribution in [3.8, 4) is 0 Å². The molecule has 2 saturated heterocycles. The summed E-state index contributed by atoms with van der Waals surface area (Å²) in [6.07, 6.45) is 3.84. The van der Waals surface area contributed by atoms with Crippen LogP contribution < -0.4 is 0 Å². The second-order valence-electron chi connectivity index (χ2n) is 6.50. The molecule has 0 spiro atoms. The molecule has 5 nitrogen and oxygen atoms in total. The number of Topliss-reactive ketones (excluding diaryl/α,β-unsaturated/α-hetero) is 1. The maximum atomic E-state index is 12.8. The molecule has 3 fully saturated rings. The molecule has 0 N–H and O–H groups in total. The van der Waals surface area contributed by atoms with Crippen LogP contribution in [-0.2, 0) is 19.1 Å². The van der Waals surface area contributed by atoms with Crippen LogP contribution in [0.4, 0.5) is 0 Å². The summed E-state index contributed by atoms with van der Waals surface area (Å²) in [4.78, 5) is 39.1. The molecule has 1 saturated carbocycles. The Morgan fingerprint density at radius 3 is 2.71 bits per heavy atom. The summed E-state index contributed by atoms with van der Waals surface area (Å²) in [5, 5.41) is 0. The van der Waals surface area contributed by atoms with Crippen LogP contribution in [0.5, 0.6) is 0 Å². The molecular formula is C16H23NO4. The number of carbonyl (C=O) groups excluding carboxylic acids is 3. The van der Waals surface area contributed by atoms with E-state index in [4.69, 9.17) is 4.74 Å². The smallest absolute Gasteiger partial charge is 0.316 e. The van der Waals surface area contributed by atoms with Crippen LogP contribution in [0.25, 0.3) is 0 Å². The number of hydrogen-bond acceptors (Lipinski definition) is 4. The van der Waals surface area contributed by atoms with Gasteiger partial charge in [-0.15, -0.1) is 0 Å². The van der Waals surface area contributed by atoms with Crippen LogP contribution in [0.3, 0.4) is 0 Å². The van der Waals surface area contributed by atoms with Crippen molar-refractivity contribution in [3.05, 3.63) is 0 Å². The Balaban J connectivity index is 2.01. The van der Waals surface area contributed by atoms with Crippen molar-refractivity contribution in [1.29, 1.82) is 0 Å². The molecule has 1 aliphatic carbocycles. The second kappa shape index (κ2) is 5.43. The fraction of sp³-hybridized carbons (Fsp3) is 0.812. The number of ether oxygens (including phenoxy) is 1. The minimum Gasteiger partial charge on any atom is -0.468 e. The van der Waals surface area contributed by atoms with Gasteiger partial charge < -0.3 is 9.64 Å². The minimum absolute atomic E-state index is 0.0419. The number of nitrogens with zero attached hydrogens (tertiary/aromatic N) is 1. The van der Waals surface area contributed by atoms with Gasteiger partial charge in [0.25, 0.3) is 0 Å². The highest BCUT2D eigenvalue weighted by Crippen LogP contribution is 2.48. The molecule has 116 valence electrons. The molecule has 0 aromatic heterocycles. The van der Waals surface area contributed by atoms with Gasteiger partial charge in [0.1, 0.15) is 5.92 Å². The van der Waals surface area contributed by atoms with Crippen molar-refractivity contribution < 1.29 is 19.1 Å². The molecule has 5 atom stereocenters. The van der Waals surface area contributed by atoms with Crippen LogP contribution in [0.15, 0.2) is 0 Å². The lowest BCUT2D eigenvalue weighted by Crippen LogP contribution is -2.55. The summed E-state index contributed by atoms with van der Waals surface area (Å²) in [5.74, 6) is -0.772. The third-order valence-corrected chi connectivity index (χ3v) is 5.70. The van der Waals surface area contributed by atoms with Crippen LogP contribution >= 0.6 is 0 Å². The Hall–Kier alpha value is -1.39. The van der Waals surface area contributed by atoms with E-state index >= 15 is 0 Å². The highest BCUT2D eigenvalue weighted by molar-refractivity contribution is 6.01. The molecule has 0 radical (unpaired) electrons. The average molecular weight is 293 g/mol. The first-order valence-electron chi connectivity index (χ1n) is 8.01. The third kappa shape index (κ3) is 2.09. The van der Waals surface area contributed by atoms with Crippen molar-refractivity contribution in [2.45, 2.75) is 45.1 Å². The van der Waals surface area contributed by atoms with Crippen molar-refractivity contribution in [3.63, 3.8) is 0 Å². The topological polar surface area (TPSA) is 63.7 Å². The van der Waals surface area contributed by atoms with E-state index < -0.39 is 11.9 Å². The Labute approximate surface area is 125 Å². The lowest BCUT2D eigenvalue weighted by Gasteiger charge is -2.43. The van der Waals surface area contributed by atoms with Crippen LogP contribution in [0.2, 0.25) is 0 Å². The van der Waals surface area contributed by atoms with Gasteiger partial charge in [-0.1, -0.05) is 6.92 Å². The van der Waals surface area contributed by atoms with Gasteiger partial charge in [0.05, 0.1) is 7.11 Å². The summed E-state index contributed by atoms with van der Waals surface area (Å²) in [6.45, 7) is 2.69. The summed E-state index contributed by atoms with van der Waals surface area (Å²) in [6, 6.07) is 0.0618. The number of hydrogen-bond donors (Lipinski definition) is 0. The van der Waals surface area contributed by atoms with Gasteiger partial charge in [0.2, 0.25) is 5.91 Å². The van der Waals surface area contributed by atoms with Crippen molar-refractivity contribution in [2.75, 3.05) is 13.7 Å². The third-order valence-electron chi connectivity index (χ3n) is 5.70. The molecule has 0 unspecified atom stereocenters. The van der Waals surface area contributed by atoms with Gasteiger partial charge in [-0.3, -0.25) is 14.4 Å². The van der Waals surface area contributed by atoms with Crippen LogP contribution in [-0.4, -0.2) is 42.3 Å². The Bertz CT molecular complexity index is 475. The monoisotopic (exact) mass is 293 g/mol. The number of rotatable bonds is 2. The second-order valence-corrected chi connectivity index (χ2v) is 6.50. The fourth-order valence-corrected chi connectivity index (χ4v) is 4.86. The highest BCUT2D eigenvalue weighted by Gasteiger charge is 2.57. The standard InChI is InChI=1S/C16H23NO4/c1-3-9-10-5-4-6-12(18)17-8-7-11(14(10)17)13(15(9)19)16(20)21-2/h9-11,13-14H,3-8H2,1-2H3/t9-,10-,11-,13-,14-/m1/s1. The molecule has 5 heteroatoms. The minimum atomic E-state index is -0.669. The molecule has 1 amide bonds. The zero-order chi connectivity index (χ0) is 15.1. The SMILES string of the molecule is CC[C@H]1C(=O)[C@H](C(=O)OC)[C@H]2CCN3C(=O)CCC[C@H]1[C@H]23. The van der Waals surface area contributed by atoms with E-state index in [0.717, 1.165) is 25.7 Å². The van der Waals surface area contributed by atoms with E-state index in [1.54, 1.807) is 0 Å². The van der Waals surface area contributed by atoms with Gasteiger partial charge in [0.15, 0.2) is 5.78 Å². The lowest BCUT2D eigenvalue weighted by atomic mass is 9.63. The van der Waals surface area contributed by atoms with E-state index in [0.29, 0.717) is 13.0 Å². The number of amides is 1. The highest BCUT2D eigenvalue weighted by atomic mass is 16.5. The lowest BCUT2D eigenvalue weighted by molar-refractivity contribution is -0.159. The van der Waals surface area contributed by atoms with E-state index in [1.165, 1.54) is 7.11 Å². The number of ketones is 1. The van der Waals surface area contributed by atoms with Crippen molar-refractivity contribution in [2.24, 2.45) is 23.7 Å². The first-order valence-corrected chi connectivity index (χ1v) is 8.01. The summed E-state index contributed by atoms with van der Waals surface area (Å²) >= 11 is 0. The maximum Gasteiger partial charge on any atom is 0.316 e. The zero-order valence-corrected chi connectivity index (χ0v) is 12.7. The quantitative estimate of drug-likeness (QED) is 0.570. The number of esters is 1. The van der Waals surface area contributed by atoms with E-state index in [1.807, 2.05) is 11.8 Å². The molecule has 3 rings (SSSR count). The first kappa shape index (κ1) is 14.5. The maximum absolute atomic E-state index is 12.8. The molecule has 3 aliphatic rings. The Kier molecular flexibility index (Phi) is 3.76. The van der Waals surface area contributed by atoms with Gasteiger partial charge in [-0.25, -0.2) is 0 Å². The molecular weight excluding hydrogens is 270 g/mol. The van der Waals surface area contributed by atoms with Crippen LogP contribution in [0, 0.1) is 23.7 Å². The van der Waals surface area contributed by atoms with Gasteiger partial charge in [-0.2, -0.15) is 0 Å². The predicted octanol–water partition coefficient (Wildman–Crippen LogP) is 1.40. The van der Waals surface area contributed by atoms with Gasteiger partial charge in [-0.05, 0) is 31.6 Å². The largest absolute Gasteiger partial charge is 0.468 e. The normalized spacial score (nSPS) is 39.0. The summed E-state index contributed by atoms with van der Waals surface area (Å²) in [5.41, 5.74) is 0. The van der Waals surface area contributed by atoms with Crippen molar-refractivity contribution in [1.82, 2.24) is 4.90 Å². The number of methoxy groups -OCH3 is 1. The Morgan fingerprint density at radius 1 is 1.29 bits per heavy atom. The van der Waals surface area contributed by atoms with Crippen molar-refractivity contribution >= 4 is 17.7 Å². The van der Waals surface area contributed by atoms with E-state index in [-0.39, 0.29) is 35.5 Å². The molecule has 21 heavy (non-hydrogen) atoms. The molecule has 2 heterocycles. The van der Waals surface area contributed by atoms with E-state index in [2.05, 4.69) is 0 Å². The summed E-state index contributed by atoms with van der Waals surface area (Å²) in [7, 11) is 1.34. The van der Waals surface area contributed by atoms with Gasteiger partial charge in [0, 0.05) is 30.8 Å². The first-order chi connectivity index (χ1) is 10.1. The fourth-order valence-electron chi connectivity index (χ4n) is 4.86. The van der Waals surface area contributed by atoms with Crippen LogP contribution in [0.1, 0.15) is 39.0 Å². The predicted molar refractivity (Wildman–Crippen MR) is 75.2 cm³/mol.